The average Bonchev–Trinajstić information content (AvgIpc) is 3.68. The van der Waals surface area contributed by atoms with Crippen molar-refractivity contribution in [1.82, 2.24) is 24.4 Å². The molecule has 8 heteroatoms. The maximum absolute atomic E-state index is 13.5. The van der Waals surface area contributed by atoms with Gasteiger partial charge in [0.25, 0.3) is 5.56 Å². The minimum atomic E-state index is -0.197. The highest BCUT2D eigenvalue weighted by Crippen LogP contribution is 2.28. The van der Waals surface area contributed by atoms with Crippen LogP contribution in [0.3, 0.4) is 0 Å². The third-order valence-electron chi connectivity index (χ3n) is 7.33. The molecule has 0 aliphatic heterocycles. The van der Waals surface area contributed by atoms with Gasteiger partial charge in [-0.05, 0) is 65.8 Å². The quantitative estimate of drug-likeness (QED) is 0.192. The van der Waals surface area contributed by atoms with Crippen molar-refractivity contribution >= 4 is 22.4 Å². The lowest BCUT2D eigenvalue weighted by molar-refractivity contribution is 0.289. The summed E-state index contributed by atoms with van der Waals surface area (Å²) in [6.45, 7) is 11.6. The van der Waals surface area contributed by atoms with Gasteiger partial charge in [-0.25, -0.2) is 4.68 Å². The van der Waals surface area contributed by atoms with Crippen LogP contribution in [0.1, 0.15) is 52.2 Å². The summed E-state index contributed by atoms with van der Waals surface area (Å²) in [5, 5.41) is 9.48. The molecule has 0 amide bonds. The number of thiazole rings is 1. The van der Waals surface area contributed by atoms with E-state index in [1.54, 1.807) is 0 Å². The molecule has 0 saturated heterocycles. The highest BCUT2D eigenvalue weighted by molar-refractivity contribution is 7.15. The summed E-state index contributed by atoms with van der Waals surface area (Å²) in [6, 6.07) is 26.1. The van der Waals surface area contributed by atoms with Gasteiger partial charge >= 0.3 is 0 Å². The van der Waals surface area contributed by atoms with Crippen LogP contribution in [0, 0.1) is 5.92 Å². The maximum atomic E-state index is 13.5. The zero-order valence-corrected chi connectivity index (χ0v) is 25.9. The van der Waals surface area contributed by atoms with Crippen molar-refractivity contribution in [3.05, 3.63) is 111 Å². The first-order valence-corrected chi connectivity index (χ1v) is 15.4. The molecule has 0 atom stereocenters. The number of aromatic nitrogens is 5. The fourth-order valence-electron chi connectivity index (χ4n) is 4.77. The van der Waals surface area contributed by atoms with Gasteiger partial charge in [0.05, 0.1) is 16.8 Å². The van der Waals surface area contributed by atoms with Crippen LogP contribution in [0.4, 0.5) is 0 Å². The van der Waals surface area contributed by atoms with Crippen molar-refractivity contribution in [3.63, 3.8) is 0 Å². The molecule has 6 aromatic rings. The Kier molecular flexibility index (Phi) is 7.71. The largest absolute Gasteiger partial charge is 0.494 e. The Morgan fingerprint density at radius 2 is 1.60 bits per heavy atom. The fourth-order valence-corrected chi connectivity index (χ4v) is 5.67. The van der Waals surface area contributed by atoms with Crippen LogP contribution in [0.2, 0.25) is 0 Å². The summed E-state index contributed by atoms with van der Waals surface area (Å²) in [5.41, 5.74) is 5.46. The Balaban J connectivity index is 1.36. The highest BCUT2D eigenvalue weighted by Gasteiger charge is 2.17. The third kappa shape index (κ3) is 6.15. The third-order valence-corrected chi connectivity index (χ3v) is 8.29. The molecule has 6 rings (SSSR count). The second-order valence-electron chi connectivity index (χ2n) is 12.1. The van der Waals surface area contributed by atoms with Gasteiger partial charge in [-0.1, -0.05) is 88.4 Å². The molecule has 0 radical (unpaired) electrons. The van der Waals surface area contributed by atoms with E-state index in [9.17, 15) is 4.79 Å². The first kappa shape index (κ1) is 28.6. The van der Waals surface area contributed by atoms with Crippen molar-refractivity contribution in [3.8, 4) is 34.1 Å². The Morgan fingerprint density at radius 1 is 0.907 bits per heavy atom. The normalized spacial score (nSPS) is 12.5. The number of fused-ring (bicyclic) bond motifs is 1. The summed E-state index contributed by atoms with van der Waals surface area (Å²) in [4.78, 5) is 18.7. The maximum Gasteiger partial charge on any atom is 0.291 e. The first-order chi connectivity index (χ1) is 20.7. The number of benzene rings is 3. The molecule has 0 fully saturated rings. The van der Waals surface area contributed by atoms with E-state index in [2.05, 4.69) is 51.9 Å². The summed E-state index contributed by atoms with van der Waals surface area (Å²) < 4.78 is 9.71. The van der Waals surface area contributed by atoms with Crippen LogP contribution in [0.5, 0.6) is 5.75 Å². The minimum absolute atomic E-state index is 0.0594. The molecule has 3 aromatic carbocycles. The molecule has 3 aromatic heterocycles. The monoisotopic (exact) mass is 589 g/mol. The number of nitrogens with zero attached hydrogens (tertiary/aromatic N) is 5. The molecule has 0 bridgehead atoms. The molecular weight excluding hydrogens is 554 g/mol. The number of rotatable bonds is 8. The number of ether oxygens (including phenoxy) is 1. The van der Waals surface area contributed by atoms with Crippen LogP contribution < -0.4 is 14.8 Å². The van der Waals surface area contributed by atoms with Crippen LogP contribution in [0.15, 0.2) is 89.9 Å². The van der Waals surface area contributed by atoms with Gasteiger partial charge in [0, 0.05) is 22.9 Å². The van der Waals surface area contributed by atoms with Gasteiger partial charge in [-0.15, -0.1) is 5.10 Å². The van der Waals surface area contributed by atoms with E-state index in [1.807, 2.05) is 83.7 Å². The number of hydrogen-bond acceptors (Lipinski definition) is 6. The van der Waals surface area contributed by atoms with Gasteiger partial charge in [0.1, 0.15) is 11.4 Å². The predicted molar refractivity (Wildman–Crippen MR) is 174 cm³/mol. The summed E-state index contributed by atoms with van der Waals surface area (Å²) in [7, 11) is 0. The van der Waals surface area contributed by atoms with Crippen molar-refractivity contribution in [1.29, 1.82) is 0 Å². The number of para-hydroxylation sites is 1. The van der Waals surface area contributed by atoms with E-state index in [0.717, 1.165) is 40.2 Å². The Morgan fingerprint density at radius 3 is 2.26 bits per heavy atom. The molecule has 0 spiro atoms. The standard InChI is InChI=1S/C35H35N5O2S/c1-23(2)19-20-42-29-17-13-24(14-18-29)31-26(22-39(37-31)28-9-7-6-8-10-28)21-30-33(41)40-34(43-30)36-32(38-40)25-11-15-27(16-12-25)35(3,4)5/h6-18,21-23H,19-20H2,1-5H3/b30-21-. The van der Waals surface area contributed by atoms with E-state index in [4.69, 9.17) is 14.8 Å². The molecule has 43 heavy (non-hydrogen) atoms. The van der Waals surface area contributed by atoms with Crippen LogP contribution in [-0.4, -0.2) is 31.0 Å². The SMILES string of the molecule is CC(C)CCOc1ccc(-c2nn(-c3ccccc3)cc2/C=c2\sc3nc(-c4ccc(C(C)(C)C)cc4)nn3c2=O)cc1. The van der Waals surface area contributed by atoms with Crippen LogP contribution >= 0.6 is 11.3 Å². The average molecular weight is 590 g/mol. The van der Waals surface area contributed by atoms with Crippen LogP contribution in [-0.2, 0) is 5.41 Å². The van der Waals surface area contributed by atoms with E-state index >= 15 is 0 Å². The van der Waals surface area contributed by atoms with Crippen LogP contribution in [0.25, 0.3) is 39.4 Å². The zero-order chi connectivity index (χ0) is 30.1. The molecule has 218 valence electrons. The van der Waals surface area contributed by atoms with Gasteiger partial charge in [0.2, 0.25) is 4.96 Å². The lowest BCUT2D eigenvalue weighted by Gasteiger charge is -2.18. The Hall–Kier alpha value is -4.56. The molecule has 0 unspecified atom stereocenters. The van der Waals surface area contributed by atoms with E-state index in [0.29, 0.717) is 27.8 Å². The van der Waals surface area contributed by atoms with Crippen molar-refractivity contribution in [2.75, 3.05) is 6.61 Å². The second-order valence-corrected chi connectivity index (χ2v) is 13.2. The Bertz CT molecular complexity index is 1960. The predicted octanol–water partition coefficient (Wildman–Crippen LogP) is 6.94. The van der Waals surface area contributed by atoms with Crippen molar-refractivity contribution < 1.29 is 4.74 Å². The molecule has 3 heterocycles. The van der Waals surface area contributed by atoms with Gasteiger partial charge in [0.15, 0.2) is 5.82 Å². The van der Waals surface area contributed by atoms with Gasteiger partial charge in [-0.3, -0.25) is 4.79 Å². The smallest absolute Gasteiger partial charge is 0.291 e. The molecule has 0 N–H and O–H groups in total. The minimum Gasteiger partial charge on any atom is -0.494 e. The number of hydrogen-bond donors (Lipinski definition) is 0. The molecule has 0 aliphatic rings. The summed E-state index contributed by atoms with van der Waals surface area (Å²) >= 11 is 1.33. The summed E-state index contributed by atoms with van der Waals surface area (Å²) in [5.74, 6) is 1.96. The molecule has 0 saturated carbocycles. The molecule has 0 aliphatic carbocycles. The highest BCUT2D eigenvalue weighted by atomic mass is 32.1. The zero-order valence-electron chi connectivity index (χ0n) is 25.1. The molecule has 7 nitrogen and oxygen atoms in total. The molecular formula is C35H35N5O2S. The van der Waals surface area contributed by atoms with E-state index < -0.39 is 0 Å². The fraction of sp³-hybridized carbons (Fsp3) is 0.257. The van der Waals surface area contributed by atoms with Gasteiger partial charge in [-0.2, -0.15) is 14.6 Å². The Labute approximate surface area is 255 Å². The lowest BCUT2D eigenvalue weighted by Crippen LogP contribution is -2.23. The second kappa shape index (κ2) is 11.6. The van der Waals surface area contributed by atoms with Gasteiger partial charge < -0.3 is 4.74 Å². The van der Waals surface area contributed by atoms with Crippen molar-refractivity contribution in [2.45, 2.75) is 46.5 Å². The van der Waals surface area contributed by atoms with Crippen molar-refractivity contribution in [2.24, 2.45) is 5.92 Å². The van der Waals surface area contributed by atoms with E-state index in [-0.39, 0.29) is 11.0 Å². The first-order valence-electron chi connectivity index (χ1n) is 14.6. The topological polar surface area (TPSA) is 74.3 Å². The van der Waals surface area contributed by atoms with E-state index in [1.165, 1.54) is 21.4 Å². The summed E-state index contributed by atoms with van der Waals surface area (Å²) in [6.07, 6.45) is 4.84. The lowest BCUT2D eigenvalue weighted by atomic mass is 9.87.